The van der Waals surface area contributed by atoms with Crippen molar-refractivity contribution < 1.29 is 34.0 Å². The normalized spacial score (nSPS) is 27.6. The van der Waals surface area contributed by atoms with Gasteiger partial charge in [-0.2, -0.15) is 0 Å². The zero-order chi connectivity index (χ0) is 32.1. The van der Waals surface area contributed by atoms with Crippen LogP contribution in [0.15, 0.2) is 84.9 Å². The number of fused-ring (bicyclic) bond motifs is 1. The molecule has 0 radical (unpaired) electrons. The standard InChI is InChI=1S/C36H43N3O7/c37-34(42)46-31-18-25-13-7-8-14-27(25)32(31)28-21-38-36(33(28)41,19-24-11-5-2-6-12-24)20-30(40)29(17-23-9-3-1-4-10-23)39-35(43)45-26-15-16-44-22-26/h1-14,26,28-32,34,38,40,42H,15-22,37H2,(H,39,43). The molecule has 1 amide bonds. The van der Waals surface area contributed by atoms with Crippen LogP contribution in [0.2, 0.25) is 0 Å². The summed E-state index contributed by atoms with van der Waals surface area (Å²) in [6, 6.07) is 26.5. The van der Waals surface area contributed by atoms with E-state index in [9.17, 15) is 19.8 Å². The topological polar surface area (TPSA) is 152 Å². The van der Waals surface area contributed by atoms with E-state index in [0.717, 1.165) is 22.3 Å². The number of rotatable bonds is 12. The number of nitrogens with two attached hydrogens (primary N) is 1. The number of alkyl carbamates (subject to hydrolysis) is 1. The van der Waals surface area contributed by atoms with Crippen molar-refractivity contribution in [2.75, 3.05) is 19.8 Å². The molecule has 0 saturated carbocycles. The van der Waals surface area contributed by atoms with E-state index < -0.39 is 42.2 Å². The lowest BCUT2D eigenvalue weighted by molar-refractivity contribution is -0.144. The molecule has 2 fully saturated rings. The molecule has 10 heteroatoms. The zero-order valence-corrected chi connectivity index (χ0v) is 25.8. The Kier molecular flexibility index (Phi) is 10.1. The number of hydrogen-bond acceptors (Lipinski definition) is 9. The van der Waals surface area contributed by atoms with Crippen molar-refractivity contribution in [3.63, 3.8) is 0 Å². The van der Waals surface area contributed by atoms with Gasteiger partial charge in [0.1, 0.15) is 6.10 Å². The quantitative estimate of drug-likeness (QED) is 0.190. The van der Waals surface area contributed by atoms with E-state index in [-0.39, 0.29) is 24.2 Å². The monoisotopic (exact) mass is 629 g/mol. The van der Waals surface area contributed by atoms with Crippen LogP contribution in [0.1, 0.15) is 41.0 Å². The molecule has 0 bridgehead atoms. The smallest absolute Gasteiger partial charge is 0.407 e. The number of carbonyl (C=O) groups excluding carboxylic acids is 2. The highest BCUT2D eigenvalue weighted by molar-refractivity contribution is 5.94. The lowest BCUT2D eigenvalue weighted by atomic mass is 9.75. The minimum Gasteiger partial charge on any atom is -0.444 e. The minimum absolute atomic E-state index is 0.0404. The maximum absolute atomic E-state index is 14.8. The fourth-order valence-electron chi connectivity index (χ4n) is 7.44. The van der Waals surface area contributed by atoms with Crippen molar-refractivity contribution >= 4 is 11.9 Å². The maximum Gasteiger partial charge on any atom is 0.407 e. The summed E-state index contributed by atoms with van der Waals surface area (Å²) in [5, 5.41) is 28.3. The van der Waals surface area contributed by atoms with E-state index in [1.807, 2.05) is 84.9 Å². The van der Waals surface area contributed by atoms with Gasteiger partial charge in [0.25, 0.3) is 0 Å². The van der Waals surface area contributed by atoms with Crippen LogP contribution in [0.25, 0.3) is 0 Å². The summed E-state index contributed by atoms with van der Waals surface area (Å²) in [6.07, 6.45) is -2.11. The van der Waals surface area contributed by atoms with Gasteiger partial charge >= 0.3 is 6.09 Å². The average Bonchev–Trinajstić information content (AvgIpc) is 3.76. The van der Waals surface area contributed by atoms with Gasteiger partial charge in [0, 0.05) is 31.2 Å². The molecule has 46 heavy (non-hydrogen) atoms. The van der Waals surface area contributed by atoms with Gasteiger partial charge in [-0.3, -0.25) is 10.5 Å². The van der Waals surface area contributed by atoms with Crippen LogP contribution < -0.4 is 16.4 Å². The van der Waals surface area contributed by atoms with Gasteiger partial charge in [-0.1, -0.05) is 84.9 Å². The third-order valence-electron chi connectivity index (χ3n) is 9.59. The van der Waals surface area contributed by atoms with Crippen molar-refractivity contribution in [3.05, 3.63) is 107 Å². The first-order valence-electron chi connectivity index (χ1n) is 16.1. The number of amides is 1. The molecular weight excluding hydrogens is 586 g/mol. The number of hydrogen-bond donors (Lipinski definition) is 5. The van der Waals surface area contributed by atoms with Gasteiger partial charge in [0.15, 0.2) is 5.78 Å². The first kappa shape index (κ1) is 32.3. The number of aliphatic hydroxyl groups excluding tert-OH is 2. The van der Waals surface area contributed by atoms with Crippen LogP contribution in [-0.4, -0.2) is 78.2 Å². The Balaban J connectivity index is 1.28. The zero-order valence-electron chi connectivity index (χ0n) is 25.8. The van der Waals surface area contributed by atoms with Gasteiger partial charge in [-0.05, 0) is 41.5 Å². The lowest BCUT2D eigenvalue weighted by Gasteiger charge is -2.35. The van der Waals surface area contributed by atoms with Crippen molar-refractivity contribution in [2.45, 2.75) is 74.3 Å². The van der Waals surface area contributed by atoms with Crippen LogP contribution in [0, 0.1) is 5.92 Å². The van der Waals surface area contributed by atoms with Crippen molar-refractivity contribution in [2.24, 2.45) is 11.7 Å². The van der Waals surface area contributed by atoms with Crippen molar-refractivity contribution in [1.29, 1.82) is 0 Å². The highest BCUT2D eigenvalue weighted by Gasteiger charge is 2.54. The van der Waals surface area contributed by atoms with Crippen LogP contribution in [0.3, 0.4) is 0 Å². The fraction of sp³-hybridized carbons (Fsp3) is 0.444. The lowest BCUT2D eigenvalue weighted by Crippen LogP contribution is -2.55. The predicted octanol–water partition coefficient (Wildman–Crippen LogP) is 2.59. The Morgan fingerprint density at radius 1 is 1.02 bits per heavy atom. The molecular formula is C36H43N3O7. The molecule has 2 saturated heterocycles. The molecule has 2 heterocycles. The molecule has 2 aliphatic heterocycles. The number of nitrogens with one attached hydrogen (secondary N) is 2. The Labute approximate surface area is 269 Å². The first-order chi connectivity index (χ1) is 22.3. The molecule has 3 aromatic carbocycles. The summed E-state index contributed by atoms with van der Waals surface area (Å²) in [6.45, 7) is 1.24. The summed E-state index contributed by atoms with van der Waals surface area (Å²) in [4.78, 5) is 27.8. The Morgan fingerprint density at radius 2 is 1.72 bits per heavy atom. The second-order valence-corrected chi connectivity index (χ2v) is 12.7. The van der Waals surface area contributed by atoms with Crippen LogP contribution in [-0.2, 0) is 38.3 Å². The molecule has 244 valence electrons. The van der Waals surface area contributed by atoms with Gasteiger partial charge in [-0.25, -0.2) is 4.79 Å². The van der Waals surface area contributed by atoms with E-state index in [0.29, 0.717) is 45.4 Å². The van der Waals surface area contributed by atoms with E-state index in [4.69, 9.17) is 19.9 Å². The molecule has 8 atom stereocenters. The van der Waals surface area contributed by atoms with Crippen LogP contribution in [0.4, 0.5) is 4.79 Å². The molecule has 8 unspecified atom stereocenters. The minimum atomic E-state index is -1.47. The largest absolute Gasteiger partial charge is 0.444 e. The van der Waals surface area contributed by atoms with Gasteiger partial charge in [-0.15, -0.1) is 0 Å². The van der Waals surface area contributed by atoms with Gasteiger partial charge in [0.2, 0.25) is 6.41 Å². The second-order valence-electron chi connectivity index (χ2n) is 12.7. The Bertz CT molecular complexity index is 1470. The number of aliphatic hydroxyl groups is 2. The molecule has 6 N–H and O–H groups in total. The Morgan fingerprint density at radius 3 is 2.41 bits per heavy atom. The third-order valence-corrected chi connectivity index (χ3v) is 9.59. The highest BCUT2D eigenvalue weighted by atomic mass is 16.6. The summed E-state index contributed by atoms with van der Waals surface area (Å²) in [5.41, 5.74) is 8.47. The molecule has 10 nitrogen and oxygen atoms in total. The number of carbonyl (C=O) groups is 2. The molecule has 6 rings (SSSR count). The third kappa shape index (κ3) is 7.33. The van der Waals surface area contributed by atoms with E-state index in [1.165, 1.54) is 0 Å². The van der Waals surface area contributed by atoms with Gasteiger partial charge < -0.3 is 35.1 Å². The molecule has 1 aliphatic carbocycles. The fourth-order valence-corrected chi connectivity index (χ4v) is 7.44. The number of ketones is 1. The number of Topliss-reactive ketones (excluding diaryl/α,β-unsaturated/α-hetero) is 1. The Hall–Kier alpha value is -3.64. The average molecular weight is 630 g/mol. The summed E-state index contributed by atoms with van der Waals surface area (Å²) < 4.78 is 16.7. The summed E-state index contributed by atoms with van der Waals surface area (Å²) >= 11 is 0. The summed E-state index contributed by atoms with van der Waals surface area (Å²) in [7, 11) is 0. The maximum atomic E-state index is 14.8. The molecule has 3 aliphatic rings. The van der Waals surface area contributed by atoms with E-state index in [2.05, 4.69) is 10.6 Å². The van der Waals surface area contributed by atoms with E-state index in [1.54, 1.807) is 0 Å². The molecule has 0 spiro atoms. The van der Waals surface area contributed by atoms with Crippen molar-refractivity contribution in [3.8, 4) is 0 Å². The number of ether oxygens (including phenoxy) is 3. The van der Waals surface area contributed by atoms with E-state index >= 15 is 0 Å². The highest BCUT2D eigenvalue weighted by Crippen LogP contribution is 2.45. The predicted molar refractivity (Wildman–Crippen MR) is 171 cm³/mol. The van der Waals surface area contributed by atoms with Crippen LogP contribution >= 0.6 is 0 Å². The van der Waals surface area contributed by atoms with Gasteiger partial charge in [0.05, 0.1) is 37.0 Å². The molecule has 0 aromatic heterocycles. The first-order valence-corrected chi connectivity index (χ1v) is 16.1. The molecule has 3 aromatic rings. The SMILES string of the molecule is NC(O)OC1Cc2ccccc2C1C1CNC(Cc2ccccc2)(CC(O)C(Cc2ccccc2)NC(=O)OC2CCOC2)C1=O. The second kappa shape index (κ2) is 14.4. The van der Waals surface area contributed by atoms with Crippen molar-refractivity contribution in [1.82, 2.24) is 10.6 Å². The number of benzene rings is 3. The van der Waals surface area contributed by atoms with Crippen LogP contribution in [0.5, 0.6) is 0 Å². The summed E-state index contributed by atoms with van der Waals surface area (Å²) in [5.74, 6) is -0.858.